The van der Waals surface area contributed by atoms with Crippen molar-refractivity contribution in [3.8, 4) is 17.2 Å². The number of fused-ring (bicyclic) bond motifs is 10. The lowest BCUT2D eigenvalue weighted by Crippen LogP contribution is -2.15. The zero-order chi connectivity index (χ0) is 53.7. The molecule has 11 atom stereocenters. The largest absolute Gasteiger partial charge is 0.491 e. The first-order valence-corrected chi connectivity index (χ1v) is 30.1. The van der Waals surface area contributed by atoms with Gasteiger partial charge in [-0.25, -0.2) is 0 Å². The first-order chi connectivity index (χ1) is 35.2. The van der Waals surface area contributed by atoms with E-state index in [0.29, 0.717) is 38.1 Å². The highest BCUT2D eigenvalue weighted by Gasteiger charge is 2.49. The molecule has 6 heteroatoms. The molecular weight excluding hydrogens is 877 g/mol. The average Bonchev–Trinajstić information content (AvgIpc) is 4.39. The minimum atomic E-state index is 0.343. The molecule has 11 unspecified atom stereocenters. The highest BCUT2D eigenvalue weighted by atomic mass is 16.6. The molecule has 4 bridgehead atoms. The number of para-hydroxylation sites is 3. The summed E-state index contributed by atoms with van der Waals surface area (Å²) in [6.45, 7) is 40.6. The summed E-state index contributed by atoms with van der Waals surface area (Å²) in [5.74, 6) is 12.4. The van der Waals surface area contributed by atoms with Crippen LogP contribution in [0.5, 0.6) is 17.2 Å². The summed E-state index contributed by atoms with van der Waals surface area (Å²) in [4.78, 5) is 0. The molecule has 71 heavy (non-hydrogen) atoms. The highest BCUT2D eigenvalue weighted by molar-refractivity contribution is 5.22. The van der Waals surface area contributed by atoms with Crippen molar-refractivity contribution < 1.29 is 28.4 Å². The van der Waals surface area contributed by atoms with E-state index in [1.54, 1.807) is 77.0 Å². The molecule has 412 valence electrons. The molecule has 9 fully saturated rings. The van der Waals surface area contributed by atoms with Gasteiger partial charge in [0.15, 0.2) is 0 Å². The predicted molar refractivity (Wildman–Crippen MR) is 310 cm³/mol. The first-order valence-electron chi connectivity index (χ1n) is 30.1. The standard InChI is InChI=1S/2C10H16.3C9H10O2.9C2H6/c2*1-2-9-7-4-5-8(6-7)10(9)3-1;3*1-2-4-8(5-3-1)10-6-9-7-11-9;9*1-2/h2*7-10H,1-6H2;3*1-5,9H,6-7H2;9*1-2H3. The third-order valence-electron chi connectivity index (χ3n) is 13.4. The van der Waals surface area contributed by atoms with Crippen molar-refractivity contribution in [1.82, 2.24) is 0 Å². The second kappa shape index (κ2) is 47.9. The maximum atomic E-state index is 5.40. The van der Waals surface area contributed by atoms with E-state index < -0.39 is 0 Å². The smallest absolute Gasteiger partial charge is 0.119 e. The number of benzene rings is 3. The van der Waals surface area contributed by atoms with Crippen LogP contribution in [0.25, 0.3) is 0 Å². The summed E-state index contributed by atoms with van der Waals surface area (Å²) in [5, 5.41) is 0. The van der Waals surface area contributed by atoms with Crippen LogP contribution in [0.15, 0.2) is 91.0 Å². The molecule has 3 aliphatic heterocycles. The van der Waals surface area contributed by atoms with Crippen LogP contribution < -0.4 is 14.2 Å². The molecule has 0 radical (unpaired) electrons. The summed E-state index contributed by atoms with van der Waals surface area (Å²) in [7, 11) is 0. The Morgan fingerprint density at radius 1 is 0.310 bits per heavy atom. The van der Waals surface area contributed by atoms with Crippen molar-refractivity contribution in [2.45, 2.75) is 220 Å². The molecular formula is C65H116O6. The Labute approximate surface area is 441 Å². The maximum absolute atomic E-state index is 5.40. The summed E-state index contributed by atoms with van der Waals surface area (Å²) in [6, 6.07) is 29.4. The topological polar surface area (TPSA) is 65.3 Å². The summed E-state index contributed by atoms with van der Waals surface area (Å²) < 4.78 is 31.2. The first kappa shape index (κ1) is 70.0. The van der Waals surface area contributed by atoms with Crippen molar-refractivity contribution in [1.29, 1.82) is 0 Å². The van der Waals surface area contributed by atoms with Crippen molar-refractivity contribution in [2.75, 3.05) is 39.6 Å². The SMILES string of the molecule is C1CC2C3CCC(C3)C2C1.C1CC2C3CCC(C3)C2C1.CC.CC.CC.CC.CC.CC.CC.CC.CC.c1ccc(OCC2CO2)cc1.c1ccc(OCC2CO2)cc1.c1ccc(OCC2CO2)cc1. The quantitative estimate of drug-likeness (QED) is 0.199. The van der Waals surface area contributed by atoms with Crippen LogP contribution in [-0.4, -0.2) is 58.0 Å². The van der Waals surface area contributed by atoms with Crippen molar-refractivity contribution in [2.24, 2.45) is 47.3 Å². The molecule has 3 heterocycles. The molecule has 6 nitrogen and oxygen atoms in total. The minimum absolute atomic E-state index is 0.343. The van der Waals surface area contributed by atoms with Gasteiger partial charge in [0.05, 0.1) is 19.8 Å². The van der Waals surface area contributed by atoms with Crippen molar-refractivity contribution >= 4 is 0 Å². The lowest BCUT2D eigenvalue weighted by Gasteiger charge is -2.23. The van der Waals surface area contributed by atoms with Gasteiger partial charge in [-0.2, -0.15) is 0 Å². The van der Waals surface area contributed by atoms with E-state index in [9.17, 15) is 0 Å². The van der Waals surface area contributed by atoms with Crippen LogP contribution in [0.2, 0.25) is 0 Å². The fraction of sp³-hybridized carbons (Fsp3) is 0.723. The van der Waals surface area contributed by atoms with Crippen LogP contribution in [0.3, 0.4) is 0 Å². The van der Waals surface area contributed by atoms with Crippen LogP contribution in [0.1, 0.15) is 202 Å². The van der Waals surface area contributed by atoms with E-state index in [4.69, 9.17) is 28.4 Å². The molecule has 12 rings (SSSR count). The van der Waals surface area contributed by atoms with Crippen LogP contribution in [0.4, 0.5) is 0 Å². The average molecular weight is 994 g/mol. The molecule has 9 aliphatic rings. The zero-order valence-electron chi connectivity index (χ0n) is 49.7. The van der Waals surface area contributed by atoms with E-state index in [-0.39, 0.29) is 0 Å². The Bertz CT molecular complexity index is 1290. The Morgan fingerprint density at radius 2 is 0.507 bits per heavy atom. The number of ether oxygens (including phenoxy) is 6. The molecule has 0 amide bonds. The minimum Gasteiger partial charge on any atom is -0.491 e. The van der Waals surface area contributed by atoms with Crippen molar-refractivity contribution in [3.63, 3.8) is 0 Å². The van der Waals surface area contributed by atoms with Gasteiger partial charge in [0, 0.05) is 0 Å². The van der Waals surface area contributed by atoms with Crippen LogP contribution in [0, 0.1) is 47.3 Å². The predicted octanol–water partition coefficient (Wildman–Crippen LogP) is 19.3. The van der Waals surface area contributed by atoms with Crippen LogP contribution in [-0.2, 0) is 14.2 Å². The Morgan fingerprint density at radius 3 is 0.690 bits per heavy atom. The number of rotatable bonds is 9. The third-order valence-corrected chi connectivity index (χ3v) is 13.4. The Hall–Kier alpha value is -3.06. The number of epoxide rings is 3. The Balaban J connectivity index is 0. The molecule has 6 aliphatic carbocycles. The van der Waals surface area contributed by atoms with Gasteiger partial charge < -0.3 is 28.4 Å². The fourth-order valence-electron chi connectivity index (χ4n) is 10.6. The van der Waals surface area contributed by atoms with Gasteiger partial charge in [0.25, 0.3) is 0 Å². The van der Waals surface area contributed by atoms with E-state index in [1.165, 1.54) is 47.3 Å². The molecule has 0 N–H and O–H groups in total. The van der Waals surface area contributed by atoms with E-state index in [2.05, 4.69) is 0 Å². The maximum Gasteiger partial charge on any atom is 0.119 e. The monoisotopic (exact) mass is 993 g/mol. The summed E-state index contributed by atoms with van der Waals surface area (Å²) in [6.07, 6.45) is 20.1. The molecule has 0 spiro atoms. The zero-order valence-corrected chi connectivity index (χ0v) is 49.7. The second-order valence-corrected chi connectivity index (χ2v) is 16.9. The fourth-order valence-corrected chi connectivity index (χ4v) is 10.6. The van der Waals surface area contributed by atoms with Gasteiger partial charge in [-0.3, -0.25) is 0 Å². The Kier molecular flexibility index (Phi) is 47.3. The third kappa shape index (κ3) is 28.8. The van der Waals surface area contributed by atoms with Gasteiger partial charge in [0.2, 0.25) is 0 Å². The van der Waals surface area contributed by atoms with Gasteiger partial charge in [-0.05, 0) is 148 Å². The number of hydrogen-bond donors (Lipinski definition) is 0. The van der Waals surface area contributed by atoms with Crippen molar-refractivity contribution in [3.05, 3.63) is 91.0 Å². The highest BCUT2D eigenvalue weighted by Crippen LogP contribution is 2.59. The lowest BCUT2D eigenvalue weighted by atomic mass is 9.82. The van der Waals surface area contributed by atoms with E-state index in [0.717, 1.165) is 37.1 Å². The lowest BCUT2D eigenvalue weighted by molar-refractivity contribution is 0.259. The van der Waals surface area contributed by atoms with E-state index in [1.807, 2.05) is 216 Å². The van der Waals surface area contributed by atoms with E-state index >= 15 is 0 Å². The van der Waals surface area contributed by atoms with Gasteiger partial charge >= 0.3 is 0 Å². The summed E-state index contributed by atoms with van der Waals surface area (Å²) in [5.41, 5.74) is 0. The summed E-state index contributed by atoms with van der Waals surface area (Å²) >= 11 is 0. The van der Waals surface area contributed by atoms with Gasteiger partial charge in [-0.15, -0.1) is 0 Å². The molecule has 3 aromatic rings. The van der Waals surface area contributed by atoms with Crippen LogP contribution >= 0.6 is 0 Å². The van der Waals surface area contributed by atoms with Gasteiger partial charge in [-0.1, -0.05) is 192 Å². The molecule has 6 saturated carbocycles. The second-order valence-electron chi connectivity index (χ2n) is 16.9. The molecule has 3 saturated heterocycles. The molecule has 3 aromatic carbocycles. The van der Waals surface area contributed by atoms with Gasteiger partial charge in [0.1, 0.15) is 55.4 Å². The normalized spacial score (nSPS) is 26.9. The number of hydrogen-bond acceptors (Lipinski definition) is 6. The molecule has 0 aromatic heterocycles.